The molecule has 1 aliphatic heterocycles. The van der Waals surface area contributed by atoms with Gasteiger partial charge in [-0.3, -0.25) is 14.5 Å². The van der Waals surface area contributed by atoms with E-state index in [-0.39, 0.29) is 17.7 Å². The van der Waals surface area contributed by atoms with Crippen molar-refractivity contribution in [2.24, 2.45) is 11.8 Å². The van der Waals surface area contributed by atoms with Crippen LogP contribution in [0.15, 0.2) is 54.6 Å². The molecule has 154 valence electrons. The number of rotatable bonds is 7. The highest BCUT2D eigenvalue weighted by molar-refractivity contribution is 6.04. The van der Waals surface area contributed by atoms with Crippen LogP contribution in [0.4, 0.5) is 5.69 Å². The summed E-state index contributed by atoms with van der Waals surface area (Å²) in [6, 6.07) is 17.6. The Morgan fingerprint density at radius 1 is 1.07 bits per heavy atom. The topological polar surface area (TPSA) is 61.4 Å². The number of hydrogen-bond donors (Lipinski definition) is 2. The summed E-state index contributed by atoms with van der Waals surface area (Å²) in [5.41, 5.74) is 2.36. The standard InChI is InChI=1S/C24H31N3O2/c1-18(2)15-25-24(29)21-12-6-7-13-22(21)26-23(28)20-11-8-14-27(17-20)16-19-9-4-3-5-10-19/h3-7,9-10,12-13,18,20H,8,11,14-17H2,1-2H3,(H,25,29)(H,26,28). The Morgan fingerprint density at radius 2 is 1.79 bits per heavy atom. The van der Waals surface area contributed by atoms with Gasteiger partial charge in [0.2, 0.25) is 5.91 Å². The van der Waals surface area contributed by atoms with E-state index in [4.69, 9.17) is 0 Å². The number of carbonyl (C=O) groups excluding carboxylic acids is 2. The second-order valence-electron chi connectivity index (χ2n) is 8.20. The number of likely N-dealkylation sites (tertiary alicyclic amines) is 1. The Balaban J connectivity index is 1.62. The average Bonchev–Trinajstić information content (AvgIpc) is 2.73. The molecule has 2 aromatic carbocycles. The summed E-state index contributed by atoms with van der Waals surface area (Å²) in [5, 5.41) is 5.93. The van der Waals surface area contributed by atoms with E-state index in [9.17, 15) is 9.59 Å². The third-order valence-electron chi connectivity index (χ3n) is 5.23. The molecule has 0 bridgehead atoms. The number of benzene rings is 2. The molecule has 1 saturated heterocycles. The number of nitrogens with one attached hydrogen (secondary N) is 2. The van der Waals surface area contributed by atoms with Crippen LogP contribution in [0.2, 0.25) is 0 Å². The number of piperidine rings is 1. The van der Waals surface area contributed by atoms with Crippen LogP contribution >= 0.6 is 0 Å². The molecule has 3 rings (SSSR count). The van der Waals surface area contributed by atoms with Gasteiger partial charge < -0.3 is 10.6 Å². The maximum absolute atomic E-state index is 12.9. The highest BCUT2D eigenvalue weighted by Gasteiger charge is 2.26. The van der Waals surface area contributed by atoms with E-state index in [2.05, 4.69) is 41.5 Å². The molecule has 2 N–H and O–H groups in total. The molecule has 5 nitrogen and oxygen atoms in total. The molecule has 2 amide bonds. The van der Waals surface area contributed by atoms with Gasteiger partial charge in [0.25, 0.3) is 5.91 Å². The predicted molar refractivity (Wildman–Crippen MR) is 117 cm³/mol. The lowest BCUT2D eigenvalue weighted by molar-refractivity contribution is -0.121. The third kappa shape index (κ3) is 6.16. The molecule has 0 spiro atoms. The lowest BCUT2D eigenvalue weighted by atomic mass is 9.96. The van der Waals surface area contributed by atoms with E-state index >= 15 is 0 Å². The van der Waals surface area contributed by atoms with Gasteiger partial charge >= 0.3 is 0 Å². The van der Waals surface area contributed by atoms with Gasteiger partial charge in [0.05, 0.1) is 17.2 Å². The largest absolute Gasteiger partial charge is 0.352 e. The second-order valence-corrected chi connectivity index (χ2v) is 8.20. The van der Waals surface area contributed by atoms with Crippen LogP contribution in [0.5, 0.6) is 0 Å². The molecule has 0 aliphatic carbocycles. The molecule has 0 radical (unpaired) electrons. The minimum absolute atomic E-state index is 0.00753. The van der Waals surface area contributed by atoms with Crippen LogP contribution < -0.4 is 10.6 Å². The van der Waals surface area contributed by atoms with Crippen molar-refractivity contribution in [1.29, 1.82) is 0 Å². The lowest BCUT2D eigenvalue weighted by Crippen LogP contribution is -2.40. The molecule has 1 atom stereocenters. The molecule has 2 aromatic rings. The smallest absolute Gasteiger partial charge is 0.253 e. The van der Waals surface area contributed by atoms with Gasteiger partial charge in [0, 0.05) is 19.6 Å². The normalized spacial score (nSPS) is 17.1. The Labute approximate surface area is 173 Å². The van der Waals surface area contributed by atoms with Gasteiger partial charge in [0.1, 0.15) is 0 Å². The molecule has 0 aromatic heterocycles. The van der Waals surface area contributed by atoms with E-state index in [0.717, 1.165) is 32.5 Å². The first kappa shape index (κ1) is 21.1. The van der Waals surface area contributed by atoms with E-state index in [1.165, 1.54) is 5.56 Å². The zero-order valence-electron chi connectivity index (χ0n) is 17.4. The van der Waals surface area contributed by atoms with Crippen LogP contribution in [0, 0.1) is 11.8 Å². The maximum Gasteiger partial charge on any atom is 0.253 e. The molecule has 1 fully saturated rings. The van der Waals surface area contributed by atoms with Gasteiger partial charge in [-0.1, -0.05) is 56.3 Å². The number of hydrogen-bond acceptors (Lipinski definition) is 3. The third-order valence-corrected chi connectivity index (χ3v) is 5.23. The van der Waals surface area contributed by atoms with Gasteiger partial charge in [-0.2, -0.15) is 0 Å². The van der Waals surface area contributed by atoms with E-state index in [1.54, 1.807) is 12.1 Å². The zero-order chi connectivity index (χ0) is 20.6. The van der Waals surface area contributed by atoms with Crippen molar-refractivity contribution in [3.8, 4) is 0 Å². The van der Waals surface area contributed by atoms with Crippen LogP contribution in [0.25, 0.3) is 0 Å². The minimum Gasteiger partial charge on any atom is -0.352 e. The van der Waals surface area contributed by atoms with Crippen molar-refractivity contribution in [3.05, 3.63) is 65.7 Å². The van der Waals surface area contributed by atoms with Crippen LogP contribution in [0.1, 0.15) is 42.6 Å². The Kier molecular flexibility index (Phi) is 7.42. The molecule has 1 unspecified atom stereocenters. The summed E-state index contributed by atoms with van der Waals surface area (Å²) in [7, 11) is 0. The SMILES string of the molecule is CC(C)CNC(=O)c1ccccc1NC(=O)C1CCCN(Cc2ccccc2)C1. The first-order valence-corrected chi connectivity index (χ1v) is 10.5. The van der Waals surface area contributed by atoms with Crippen molar-refractivity contribution < 1.29 is 9.59 Å². The number of carbonyl (C=O) groups is 2. The Hall–Kier alpha value is -2.66. The summed E-state index contributed by atoms with van der Waals surface area (Å²) >= 11 is 0. The van der Waals surface area contributed by atoms with Crippen LogP contribution in [-0.2, 0) is 11.3 Å². The quantitative estimate of drug-likeness (QED) is 0.749. The summed E-state index contributed by atoms with van der Waals surface area (Å²) in [4.78, 5) is 27.8. The van der Waals surface area contributed by atoms with Crippen LogP contribution in [0.3, 0.4) is 0 Å². The highest BCUT2D eigenvalue weighted by atomic mass is 16.2. The molecule has 1 heterocycles. The fourth-order valence-corrected chi connectivity index (χ4v) is 3.67. The lowest BCUT2D eigenvalue weighted by Gasteiger charge is -2.32. The zero-order valence-corrected chi connectivity index (χ0v) is 17.4. The summed E-state index contributed by atoms with van der Waals surface area (Å²) in [5.74, 6) is 0.147. The molecule has 29 heavy (non-hydrogen) atoms. The van der Waals surface area contributed by atoms with Crippen LogP contribution in [-0.4, -0.2) is 36.3 Å². The van der Waals surface area contributed by atoms with Crippen molar-refractivity contribution in [3.63, 3.8) is 0 Å². The molecular formula is C24H31N3O2. The molecule has 0 saturated carbocycles. The Morgan fingerprint density at radius 3 is 2.55 bits per heavy atom. The van der Waals surface area contributed by atoms with E-state index < -0.39 is 0 Å². The number of para-hydroxylation sites is 1. The second kappa shape index (κ2) is 10.2. The molecular weight excluding hydrogens is 362 g/mol. The van der Waals surface area contributed by atoms with Gasteiger partial charge in [0.15, 0.2) is 0 Å². The number of nitrogens with zero attached hydrogens (tertiary/aromatic N) is 1. The monoisotopic (exact) mass is 393 g/mol. The van der Waals surface area contributed by atoms with E-state index in [0.29, 0.717) is 23.7 Å². The van der Waals surface area contributed by atoms with Crippen molar-refractivity contribution >= 4 is 17.5 Å². The van der Waals surface area contributed by atoms with E-state index in [1.807, 2.05) is 30.3 Å². The fraction of sp³-hybridized carbons (Fsp3) is 0.417. The maximum atomic E-state index is 12.9. The number of anilines is 1. The summed E-state index contributed by atoms with van der Waals surface area (Å²) in [6.45, 7) is 7.32. The average molecular weight is 394 g/mol. The van der Waals surface area contributed by atoms with Crippen molar-refractivity contribution in [2.75, 3.05) is 25.0 Å². The van der Waals surface area contributed by atoms with Crippen molar-refractivity contribution in [2.45, 2.75) is 33.2 Å². The van der Waals surface area contributed by atoms with Gasteiger partial charge in [-0.25, -0.2) is 0 Å². The molecule has 5 heteroatoms. The first-order valence-electron chi connectivity index (χ1n) is 10.5. The number of amides is 2. The summed E-state index contributed by atoms with van der Waals surface area (Å²) < 4.78 is 0. The molecule has 1 aliphatic rings. The summed E-state index contributed by atoms with van der Waals surface area (Å²) in [6.07, 6.45) is 1.88. The highest BCUT2D eigenvalue weighted by Crippen LogP contribution is 2.22. The minimum atomic E-state index is -0.149. The van der Waals surface area contributed by atoms with Gasteiger partial charge in [-0.15, -0.1) is 0 Å². The van der Waals surface area contributed by atoms with Gasteiger partial charge in [-0.05, 0) is 43.0 Å². The van der Waals surface area contributed by atoms with Crippen molar-refractivity contribution in [1.82, 2.24) is 10.2 Å². The Bertz CT molecular complexity index is 820. The first-order chi connectivity index (χ1) is 14.0. The fourth-order valence-electron chi connectivity index (χ4n) is 3.67. The predicted octanol–water partition coefficient (Wildman–Crippen LogP) is 3.92.